The van der Waals surface area contributed by atoms with Crippen molar-refractivity contribution in [2.75, 3.05) is 26.4 Å². The van der Waals surface area contributed by atoms with Crippen molar-refractivity contribution in [1.29, 1.82) is 0 Å². The second-order valence-corrected chi connectivity index (χ2v) is 6.36. The number of ether oxygens (including phenoxy) is 1. The lowest BCUT2D eigenvalue weighted by molar-refractivity contribution is 0.0913. The van der Waals surface area contributed by atoms with Gasteiger partial charge in [-0.2, -0.15) is 0 Å². The molecule has 2 aromatic rings. The monoisotopic (exact) mass is 309 g/mol. The van der Waals surface area contributed by atoms with Crippen molar-refractivity contribution in [3.8, 4) is 0 Å². The van der Waals surface area contributed by atoms with Crippen LogP contribution in [0.15, 0.2) is 47.4 Å². The molecule has 0 aliphatic carbocycles. The van der Waals surface area contributed by atoms with E-state index in [-0.39, 0.29) is 18.1 Å². The van der Waals surface area contributed by atoms with Gasteiger partial charge in [-0.25, -0.2) is 13.1 Å². The van der Waals surface area contributed by atoms with Crippen LogP contribution in [0.1, 0.15) is 6.42 Å². The van der Waals surface area contributed by atoms with Crippen LogP contribution in [-0.4, -0.2) is 39.9 Å². The first-order valence-corrected chi connectivity index (χ1v) is 8.29. The van der Waals surface area contributed by atoms with Crippen LogP contribution in [0, 0.1) is 0 Å². The van der Waals surface area contributed by atoms with Crippen LogP contribution in [0.2, 0.25) is 0 Å². The Morgan fingerprint density at radius 2 is 1.81 bits per heavy atom. The fourth-order valence-corrected chi connectivity index (χ4v) is 3.07. The normalized spacial score (nSPS) is 11.9. The number of aliphatic hydroxyl groups is 1. The third-order valence-electron chi connectivity index (χ3n) is 3.02. The number of rotatable bonds is 8. The number of hydrogen-bond donors (Lipinski definition) is 2. The van der Waals surface area contributed by atoms with E-state index in [1.807, 2.05) is 24.3 Å². The lowest BCUT2D eigenvalue weighted by atomic mass is 10.1. The van der Waals surface area contributed by atoms with Gasteiger partial charge in [-0.15, -0.1) is 0 Å². The Balaban J connectivity index is 1.97. The van der Waals surface area contributed by atoms with Gasteiger partial charge in [0.2, 0.25) is 10.0 Å². The molecule has 21 heavy (non-hydrogen) atoms. The van der Waals surface area contributed by atoms with Crippen molar-refractivity contribution in [3.05, 3.63) is 42.5 Å². The van der Waals surface area contributed by atoms with Crippen molar-refractivity contribution < 1.29 is 18.3 Å². The second kappa shape index (κ2) is 7.51. The van der Waals surface area contributed by atoms with Crippen molar-refractivity contribution in [2.45, 2.75) is 11.3 Å². The smallest absolute Gasteiger partial charge is 0.240 e. The lowest BCUT2D eigenvalue weighted by Crippen LogP contribution is -2.25. The molecule has 2 aromatic carbocycles. The van der Waals surface area contributed by atoms with Gasteiger partial charge in [-0.3, -0.25) is 0 Å². The Bertz CT molecular complexity index is 685. The molecule has 6 heteroatoms. The summed E-state index contributed by atoms with van der Waals surface area (Å²) < 4.78 is 32.0. The number of fused-ring (bicyclic) bond motifs is 1. The Morgan fingerprint density at radius 3 is 2.57 bits per heavy atom. The third-order valence-corrected chi connectivity index (χ3v) is 4.48. The highest BCUT2D eigenvalue weighted by Gasteiger charge is 2.13. The van der Waals surface area contributed by atoms with Crippen LogP contribution >= 0.6 is 0 Å². The molecule has 0 unspecified atom stereocenters. The van der Waals surface area contributed by atoms with E-state index < -0.39 is 10.0 Å². The van der Waals surface area contributed by atoms with Gasteiger partial charge in [0.15, 0.2) is 0 Å². The molecule has 0 radical (unpaired) electrons. The van der Waals surface area contributed by atoms with E-state index in [9.17, 15) is 8.42 Å². The first-order valence-electron chi connectivity index (χ1n) is 6.80. The van der Waals surface area contributed by atoms with Crippen LogP contribution in [-0.2, 0) is 14.8 Å². The average molecular weight is 309 g/mol. The molecule has 114 valence electrons. The summed E-state index contributed by atoms with van der Waals surface area (Å²) in [4.78, 5) is 0.262. The second-order valence-electron chi connectivity index (χ2n) is 4.60. The van der Waals surface area contributed by atoms with Gasteiger partial charge in [0.1, 0.15) is 0 Å². The first-order chi connectivity index (χ1) is 10.1. The predicted octanol–water partition coefficient (Wildman–Crippen LogP) is 1.52. The minimum atomic E-state index is -3.50. The highest BCUT2D eigenvalue weighted by atomic mass is 32.2. The lowest BCUT2D eigenvalue weighted by Gasteiger charge is -2.08. The van der Waals surface area contributed by atoms with Crippen LogP contribution in [0.25, 0.3) is 10.8 Å². The van der Waals surface area contributed by atoms with E-state index in [1.54, 1.807) is 18.2 Å². The first kappa shape index (κ1) is 15.9. The van der Waals surface area contributed by atoms with Crippen LogP contribution in [0.5, 0.6) is 0 Å². The van der Waals surface area contributed by atoms with Gasteiger partial charge in [-0.1, -0.05) is 30.3 Å². The minimum absolute atomic E-state index is 0.0250. The number of sulfonamides is 1. The Hall–Kier alpha value is -1.47. The predicted molar refractivity (Wildman–Crippen MR) is 81.7 cm³/mol. The van der Waals surface area contributed by atoms with Gasteiger partial charge >= 0.3 is 0 Å². The average Bonchev–Trinajstić information content (AvgIpc) is 2.50. The molecule has 0 atom stereocenters. The maximum Gasteiger partial charge on any atom is 0.240 e. The summed E-state index contributed by atoms with van der Waals surface area (Å²) in [7, 11) is -3.50. The van der Waals surface area contributed by atoms with E-state index in [1.165, 1.54) is 0 Å². The van der Waals surface area contributed by atoms with E-state index >= 15 is 0 Å². The summed E-state index contributed by atoms with van der Waals surface area (Å²) in [6.45, 7) is 0.974. The molecule has 0 saturated heterocycles. The van der Waals surface area contributed by atoms with Gasteiger partial charge in [0, 0.05) is 13.2 Å². The highest BCUT2D eigenvalue weighted by molar-refractivity contribution is 7.89. The zero-order valence-corrected chi connectivity index (χ0v) is 12.5. The molecule has 0 spiro atoms. The quantitative estimate of drug-likeness (QED) is 0.725. The van der Waals surface area contributed by atoms with E-state index in [2.05, 4.69) is 4.72 Å². The minimum Gasteiger partial charge on any atom is -0.394 e. The van der Waals surface area contributed by atoms with Crippen LogP contribution in [0.3, 0.4) is 0 Å². The van der Waals surface area contributed by atoms with E-state index in [0.29, 0.717) is 19.6 Å². The van der Waals surface area contributed by atoms with Crippen molar-refractivity contribution in [2.24, 2.45) is 0 Å². The molecule has 0 bridgehead atoms. The molecule has 2 rings (SSSR count). The topological polar surface area (TPSA) is 75.6 Å². The molecule has 0 fully saturated rings. The summed E-state index contributed by atoms with van der Waals surface area (Å²) in [5.41, 5.74) is 0. The van der Waals surface area contributed by atoms with E-state index in [4.69, 9.17) is 9.84 Å². The summed E-state index contributed by atoms with van der Waals surface area (Å²) in [5.74, 6) is 0. The van der Waals surface area contributed by atoms with Gasteiger partial charge in [-0.05, 0) is 29.3 Å². The number of aliphatic hydroxyl groups excluding tert-OH is 1. The molecule has 0 aromatic heterocycles. The molecule has 0 aliphatic heterocycles. The zero-order chi connectivity index (χ0) is 15.1. The number of hydrogen-bond acceptors (Lipinski definition) is 4. The van der Waals surface area contributed by atoms with Crippen molar-refractivity contribution in [3.63, 3.8) is 0 Å². The molecular formula is C15H19NO4S. The largest absolute Gasteiger partial charge is 0.394 e. The van der Waals surface area contributed by atoms with Gasteiger partial charge in [0.05, 0.1) is 18.1 Å². The Kier molecular flexibility index (Phi) is 5.69. The van der Waals surface area contributed by atoms with Gasteiger partial charge in [0.25, 0.3) is 0 Å². The summed E-state index contributed by atoms with van der Waals surface area (Å²) in [5, 5.41) is 10.5. The third kappa shape index (κ3) is 4.50. The SMILES string of the molecule is O=S(=O)(NCCCOCCO)c1ccc2ccccc2c1. The molecule has 0 aliphatic rings. The molecule has 0 saturated carbocycles. The number of nitrogens with one attached hydrogen (secondary N) is 1. The van der Waals surface area contributed by atoms with Crippen molar-refractivity contribution in [1.82, 2.24) is 4.72 Å². The standard InChI is InChI=1S/C15H19NO4S/c17-9-11-20-10-3-8-16-21(18,19)15-7-6-13-4-1-2-5-14(13)12-15/h1-2,4-7,12,16-17H,3,8-11H2. The van der Waals surface area contributed by atoms with Crippen molar-refractivity contribution >= 4 is 20.8 Å². The Labute approximate surface area is 124 Å². The Morgan fingerprint density at radius 1 is 1.05 bits per heavy atom. The van der Waals surface area contributed by atoms with Crippen LogP contribution < -0.4 is 4.72 Å². The van der Waals surface area contributed by atoms with Gasteiger partial charge < -0.3 is 9.84 Å². The molecule has 0 heterocycles. The van der Waals surface area contributed by atoms with Crippen LogP contribution in [0.4, 0.5) is 0 Å². The fourth-order valence-electron chi connectivity index (χ4n) is 1.97. The molecule has 2 N–H and O–H groups in total. The molecular weight excluding hydrogens is 290 g/mol. The summed E-state index contributed by atoms with van der Waals surface area (Å²) in [6, 6.07) is 12.7. The summed E-state index contributed by atoms with van der Waals surface area (Å²) in [6.07, 6.45) is 0.562. The maximum absolute atomic E-state index is 12.2. The summed E-state index contributed by atoms with van der Waals surface area (Å²) >= 11 is 0. The van der Waals surface area contributed by atoms with E-state index in [0.717, 1.165) is 10.8 Å². The maximum atomic E-state index is 12.2. The fraction of sp³-hybridized carbons (Fsp3) is 0.333. The number of benzene rings is 2. The highest BCUT2D eigenvalue weighted by Crippen LogP contribution is 2.18. The zero-order valence-electron chi connectivity index (χ0n) is 11.7. The molecule has 5 nitrogen and oxygen atoms in total. The molecule has 0 amide bonds.